The second kappa shape index (κ2) is 5.05. The summed E-state index contributed by atoms with van der Waals surface area (Å²) >= 11 is 0. The van der Waals surface area contributed by atoms with E-state index >= 15 is 0 Å². The van der Waals surface area contributed by atoms with Gasteiger partial charge in [0.1, 0.15) is 5.76 Å². The normalized spacial score (nSPS) is 20.1. The average molecular weight is 222 g/mol. The summed E-state index contributed by atoms with van der Waals surface area (Å²) in [6.07, 6.45) is 4.67. The Morgan fingerprint density at radius 2 is 2.56 bits per heavy atom. The van der Waals surface area contributed by atoms with Crippen LogP contribution < -0.4 is 5.32 Å². The standard InChI is InChI=1S/C12H18N2O2/c1-2-7-13-12(15)14-8-3-5-10(14)11-6-4-9-16-11/h4,6,9-10H,2-3,5,7-8H2,1H3,(H,13,15)/t10-/m0/s1. The molecule has 0 aromatic carbocycles. The van der Waals surface area contributed by atoms with Crippen molar-refractivity contribution in [2.24, 2.45) is 0 Å². The van der Waals surface area contributed by atoms with Crippen LogP contribution >= 0.6 is 0 Å². The Bertz CT molecular complexity index is 335. The van der Waals surface area contributed by atoms with E-state index in [1.807, 2.05) is 24.0 Å². The molecule has 0 saturated carbocycles. The summed E-state index contributed by atoms with van der Waals surface area (Å²) < 4.78 is 5.38. The first-order chi connectivity index (χ1) is 7.83. The maximum absolute atomic E-state index is 11.9. The molecule has 2 amide bonds. The van der Waals surface area contributed by atoms with Gasteiger partial charge in [-0.3, -0.25) is 0 Å². The van der Waals surface area contributed by atoms with Gasteiger partial charge >= 0.3 is 6.03 Å². The number of amides is 2. The fraction of sp³-hybridized carbons (Fsp3) is 0.583. The monoisotopic (exact) mass is 222 g/mol. The fourth-order valence-electron chi connectivity index (χ4n) is 2.12. The quantitative estimate of drug-likeness (QED) is 0.854. The lowest BCUT2D eigenvalue weighted by molar-refractivity contribution is 0.186. The molecule has 0 spiro atoms. The number of likely N-dealkylation sites (tertiary alicyclic amines) is 1. The molecule has 1 N–H and O–H groups in total. The summed E-state index contributed by atoms with van der Waals surface area (Å²) in [6, 6.07) is 3.96. The Balaban J connectivity index is 2.01. The highest BCUT2D eigenvalue weighted by molar-refractivity contribution is 5.74. The number of hydrogen-bond donors (Lipinski definition) is 1. The fourth-order valence-corrected chi connectivity index (χ4v) is 2.12. The van der Waals surface area contributed by atoms with Crippen molar-refractivity contribution >= 4 is 6.03 Å². The van der Waals surface area contributed by atoms with Gasteiger partial charge in [0.05, 0.1) is 12.3 Å². The minimum Gasteiger partial charge on any atom is -0.467 e. The largest absolute Gasteiger partial charge is 0.467 e. The van der Waals surface area contributed by atoms with Crippen LogP contribution in [0.5, 0.6) is 0 Å². The number of hydrogen-bond acceptors (Lipinski definition) is 2. The van der Waals surface area contributed by atoms with Crippen molar-refractivity contribution in [2.45, 2.75) is 32.2 Å². The summed E-state index contributed by atoms with van der Waals surface area (Å²) in [5, 5.41) is 2.91. The number of nitrogens with zero attached hydrogens (tertiary/aromatic N) is 1. The van der Waals surface area contributed by atoms with Crippen molar-refractivity contribution in [2.75, 3.05) is 13.1 Å². The number of carbonyl (C=O) groups excluding carboxylic acids is 1. The van der Waals surface area contributed by atoms with Crippen LogP contribution in [0, 0.1) is 0 Å². The number of furan rings is 1. The highest BCUT2D eigenvalue weighted by Gasteiger charge is 2.31. The highest BCUT2D eigenvalue weighted by Crippen LogP contribution is 2.31. The Morgan fingerprint density at radius 1 is 1.69 bits per heavy atom. The van der Waals surface area contributed by atoms with E-state index in [1.165, 1.54) is 0 Å². The van der Waals surface area contributed by atoms with E-state index in [0.717, 1.165) is 38.1 Å². The number of nitrogens with one attached hydrogen (secondary N) is 1. The molecule has 0 radical (unpaired) electrons. The molecule has 1 aliphatic rings. The SMILES string of the molecule is CCCNC(=O)N1CCC[C@H]1c1ccco1. The lowest BCUT2D eigenvalue weighted by atomic mass is 10.2. The molecule has 0 bridgehead atoms. The van der Waals surface area contributed by atoms with E-state index in [1.54, 1.807) is 6.26 Å². The van der Waals surface area contributed by atoms with Crippen molar-refractivity contribution in [1.82, 2.24) is 10.2 Å². The van der Waals surface area contributed by atoms with Crippen LogP contribution in [0.2, 0.25) is 0 Å². The van der Waals surface area contributed by atoms with Gasteiger partial charge in [-0.2, -0.15) is 0 Å². The van der Waals surface area contributed by atoms with Crippen LogP contribution in [0.15, 0.2) is 22.8 Å². The second-order valence-corrected chi connectivity index (χ2v) is 4.10. The average Bonchev–Trinajstić information content (AvgIpc) is 2.94. The molecule has 1 saturated heterocycles. The van der Waals surface area contributed by atoms with Gasteiger partial charge in [-0.1, -0.05) is 6.92 Å². The smallest absolute Gasteiger partial charge is 0.318 e. The van der Waals surface area contributed by atoms with E-state index in [0.29, 0.717) is 0 Å². The zero-order valence-corrected chi connectivity index (χ0v) is 9.61. The lowest BCUT2D eigenvalue weighted by Gasteiger charge is -2.23. The van der Waals surface area contributed by atoms with Crippen LogP contribution in [0.1, 0.15) is 38.0 Å². The second-order valence-electron chi connectivity index (χ2n) is 4.10. The topological polar surface area (TPSA) is 45.5 Å². The Labute approximate surface area is 95.6 Å². The van der Waals surface area contributed by atoms with Crippen LogP contribution in [-0.2, 0) is 0 Å². The maximum Gasteiger partial charge on any atom is 0.318 e. The zero-order chi connectivity index (χ0) is 11.4. The van der Waals surface area contributed by atoms with Crippen molar-refractivity contribution in [3.8, 4) is 0 Å². The minimum atomic E-state index is 0.0285. The van der Waals surface area contributed by atoms with Gasteiger partial charge in [-0.25, -0.2) is 4.79 Å². The first-order valence-electron chi connectivity index (χ1n) is 5.90. The molecule has 4 heteroatoms. The summed E-state index contributed by atoms with van der Waals surface area (Å²) in [7, 11) is 0. The molecule has 2 rings (SSSR count). The highest BCUT2D eigenvalue weighted by atomic mass is 16.3. The summed E-state index contributed by atoms with van der Waals surface area (Å²) in [6.45, 7) is 3.61. The van der Waals surface area contributed by atoms with Crippen molar-refractivity contribution in [3.05, 3.63) is 24.2 Å². The molecule has 16 heavy (non-hydrogen) atoms. The van der Waals surface area contributed by atoms with Crippen molar-refractivity contribution < 1.29 is 9.21 Å². The molecule has 1 atom stereocenters. The molecule has 0 unspecified atom stereocenters. The van der Waals surface area contributed by atoms with Gasteiger partial charge < -0.3 is 14.6 Å². The van der Waals surface area contributed by atoms with Gasteiger partial charge in [0.15, 0.2) is 0 Å². The third-order valence-corrected chi connectivity index (χ3v) is 2.91. The predicted octanol–water partition coefficient (Wildman–Crippen LogP) is 2.54. The molecule has 1 aromatic rings. The number of urea groups is 1. The Morgan fingerprint density at radius 3 is 3.25 bits per heavy atom. The molecular formula is C12H18N2O2. The molecule has 1 fully saturated rings. The van der Waals surface area contributed by atoms with Crippen LogP contribution in [-0.4, -0.2) is 24.0 Å². The summed E-state index contributed by atoms with van der Waals surface area (Å²) in [5.74, 6) is 0.893. The first kappa shape index (κ1) is 11.0. The van der Waals surface area contributed by atoms with E-state index in [4.69, 9.17) is 4.42 Å². The van der Waals surface area contributed by atoms with E-state index < -0.39 is 0 Å². The maximum atomic E-state index is 11.9. The van der Waals surface area contributed by atoms with Crippen molar-refractivity contribution in [1.29, 1.82) is 0 Å². The summed E-state index contributed by atoms with van der Waals surface area (Å²) in [5.41, 5.74) is 0. The van der Waals surface area contributed by atoms with Crippen LogP contribution in [0.3, 0.4) is 0 Å². The number of rotatable bonds is 3. The third kappa shape index (κ3) is 2.21. The molecule has 0 aliphatic carbocycles. The molecule has 1 aromatic heterocycles. The van der Waals surface area contributed by atoms with Gasteiger partial charge in [0.2, 0.25) is 0 Å². The van der Waals surface area contributed by atoms with Gasteiger partial charge in [0.25, 0.3) is 0 Å². The third-order valence-electron chi connectivity index (χ3n) is 2.91. The zero-order valence-electron chi connectivity index (χ0n) is 9.61. The van der Waals surface area contributed by atoms with E-state index in [2.05, 4.69) is 5.32 Å². The van der Waals surface area contributed by atoms with E-state index in [9.17, 15) is 4.79 Å². The van der Waals surface area contributed by atoms with Crippen LogP contribution in [0.4, 0.5) is 4.79 Å². The van der Waals surface area contributed by atoms with Crippen molar-refractivity contribution in [3.63, 3.8) is 0 Å². The van der Waals surface area contributed by atoms with Gasteiger partial charge in [-0.15, -0.1) is 0 Å². The van der Waals surface area contributed by atoms with Gasteiger partial charge in [0, 0.05) is 13.1 Å². The molecular weight excluding hydrogens is 204 g/mol. The summed E-state index contributed by atoms with van der Waals surface area (Å²) in [4.78, 5) is 13.8. The minimum absolute atomic E-state index is 0.0285. The molecule has 88 valence electrons. The predicted molar refractivity (Wildman–Crippen MR) is 61.1 cm³/mol. The lowest BCUT2D eigenvalue weighted by Crippen LogP contribution is -2.39. The van der Waals surface area contributed by atoms with Gasteiger partial charge in [-0.05, 0) is 31.4 Å². The number of carbonyl (C=O) groups is 1. The molecule has 1 aliphatic heterocycles. The van der Waals surface area contributed by atoms with E-state index in [-0.39, 0.29) is 12.1 Å². The molecule has 2 heterocycles. The molecule has 4 nitrogen and oxygen atoms in total. The Hall–Kier alpha value is -1.45. The Kier molecular flexibility index (Phi) is 3.49. The van der Waals surface area contributed by atoms with Crippen LogP contribution in [0.25, 0.3) is 0 Å². The first-order valence-corrected chi connectivity index (χ1v) is 5.90.